The van der Waals surface area contributed by atoms with Gasteiger partial charge in [0.25, 0.3) is 0 Å². The molecule has 0 amide bonds. The van der Waals surface area contributed by atoms with Crippen LogP contribution in [0.5, 0.6) is 0 Å². The van der Waals surface area contributed by atoms with Crippen LogP contribution in [0.3, 0.4) is 0 Å². The minimum Gasteiger partial charge on any atom is -0.512 e. The molecule has 0 rings (SSSR count). The Morgan fingerprint density at radius 1 is 0.172 bits per heavy atom. The number of hydrogen-bond acceptors (Lipinski definition) is 12. The largest absolute Gasteiger partial charge is 3.00 e. The van der Waals surface area contributed by atoms with Crippen LogP contribution < -0.4 is 0 Å². The van der Waals surface area contributed by atoms with E-state index in [0.29, 0.717) is 0 Å². The van der Waals surface area contributed by atoms with E-state index in [4.69, 9.17) is 142 Å². The van der Waals surface area contributed by atoms with Crippen molar-refractivity contribution < 1.29 is 33.6 Å². The van der Waals surface area contributed by atoms with Gasteiger partial charge in [-0.1, -0.05) is 0 Å². The maximum Gasteiger partial charge on any atom is 3.00 e. The van der Waals surface area contributed by atoms with Gasteiger partial charge in [0.05, 0.1) is 0 Å². The Morgan fingerprint density at radius 3 is 0.172 bits per heavy atom. The van der Waals surface area contributed by atoms with Gasteiger partial charge in [0.2, 0.25) is 0 Å². The zero-order valence-electron chi connectivity index (χ0n) is 14.2. The van der Waals surface area contributed by atoms with Crippen LogP contribution in [0, 0.1) is 142 Å². The van der Waals surface area contributed by atoms with E-state index in [1.54, 1.807) is 0 Å². The topological polar surface area (TPSA) is 285 Å². The van der Waals surface area contributed by atoms with E-state index < -0.39 is 0 Å². The first-order valence-corrected chi connectivity index (χ1v) is 2.68. The minimum atomic E-state index is 0. The molecule has 0 aromatic rings. The third-order valence-corrected chi connectivity index (χ3v) is 0. The molecule has 0 saturated heterocycles. The fourth-order valence-corrected chi connectivity index (χ4v) is 0. The van der Waals surface area contributed by atoms with Crippen LogP contribution in [0.15, 0.2) is 0 Å². The summed E-state index contributed by atoms with van der Waals surface area (Å²) in [5.41, 5.74) is 0. The molecule has 0 aromatic carbocycles. The molecule has 0 aliphatic carbocycles. The second-order valence-corrected chi connectivity index (χ2v) is 0. The fraction of sp³-hybridized carbons (Fsp3) is 0. The average Bonchev–Trinajstić information content (AvgIpc) is 2.84. The molecule has 0 bridgehead atoms. The first kappa shape index (κ1) is 197. The molecule has 0 unspecified atom stereocenters. The molecule has 0 saturated carbocycles. The van der Waals surface area contributed by atoms with Gasteiger partial charge in [0.15, 0.2) is 0 Å². The van der Waals surface area contributed by atoms with Crippen molar-refractivity contribution >= 4 is 69.2 Å². The predicted octanol–water partition coefficient (Wildman–Crippen LogP) is 0.00904. The molecule has 0 heterocycles. The van der Waals surface area contributed by atoms with Gasteiger partial charge in [0, 0.05) is 0 Å². The Kier molecular flexibility index (Phi) is 12700. The van der Waals surface area contributed by atoms with E-state index in [-0.39, 0.29) is 103 Å². The summed E-state index contributed by atoms with van der Waals surface area (Å²) >= 11 is 0. The van der Waals surface area contributed by atoms with E-state index in [0.717, 1.165) is 0 Å². The van der Waals surface area contributed by atoms with Gasteiger partial charge in [-0.25, -0.2) is 0 Å². The zero-order valence-corrected chi connectivity index (χ0v) is 20.5. The van der Waals surface area contributed by atoms with Crippen molar-refractivity contribution in [3.05, 3.63) is 78.9 Å². The van der Waals surface area contributed by atoms with E-state index in [9.17, 15) is 0 Å². The molecule has 0 aliphatic heterocycles. The number of rotatable bonds is 0. The summed E-state index contributed by atoms with van der Waals surface area (Å²) in [4.78, 5) is 0. The van der Waals surface area contributed by atoms with Crippen molar-refractivity contribution in [1.82, 2.24) is 0 Å². The summed E-state index contributed by atoms with van der Waals surface area (Å²) in [5, 5.41) is 75.0. The molecule has 29 heavy (non-hydrogen) atoms. The Labute approximate surface area is 242 Å². The van der Waals surface area contributed by atoms with Crippen molar-refractivity contribution in [1.29, 1.82) is 63.1 Å². The maximum absolute atomic E-state index is 6.25. The second-order valence-electron chi connectivity index (χ2n) is 0. The maximum atomic E-state index is 6.25. The van der Waals surface area contributed by atoms with Gasteiger partial charge in [-0.05, 0) is 0 Å². The van der Waals surface area contributed by atoms with Crippen LogP contribution in [0.4, 0.5) is 0 Å². The predicted molar refractivity (Wildman–Crippen MR) is 76.9 cm³/mol. The van der Waals surface area contributed by atoms with E-state index in [1.807, 2.05) is 0 Å². The average molecular weight is 503 g/mol. The first-order chi connectivity index (χ1) is 12.0. The third-order valence-electron chi connectivity index (χ3n) is 0. The van der Waals surface area contributed by atoms with Crippen molar-refractivity contribution in [2.75, 3.05) is 0 Å². The number of nitrogens with zero attached hydrogens (tertiary/aromatic N) is 12. The molecule has 0 atom stereocenters. The molecule has 12 nitrogen and oxygen atoms in total. The smallest absolute Gasteiger partial charge is 0.512 e. The van der Waals surface area contributed by atoms with Gasteiger partial charge in [-0.3, -0.25) is 0 Å². The molecule has 0 aliphatic rings. The van der Waals surface area contributed by atoms with Crippen LogP contribution in [0.1, 0.15) is 0 Å². The Bertz CT molecular complexity index is 234. The summed E-state index contributed by atoms with van der Waals surface area (Å²) in [7, 11) is 0. The van der Waals surface area contributed by atoms with Gasteiger partial charge >= 0.3 is 103 Å². The molecule has 0 radical (unpaired) electrons. The Balaban J connectivity index is -0.00000000356. The molecule has 0 fully saturated rings. The Morgan fingerprint density at radius 2 is 0.172 bits per heavy atom. The quantitative estimate of drug-likeness (QED) is 0.312. The molecule has 0 aromatic heterocycles. The normalized spacial score (nSPS) is 0.828. The van der Waals surface area contributed by atoms with Crippen LogP contribution >= 0.6 is 0 Å². The molecule has 17 heteroatoms. The van der Waals surface area contributed by atoms with E-state index in [2.05, 4.69) is 0 Å². The number of hydrogen-bond donors (Lipinski definition) is 0. The Hall–Kier alpha value is -2.81. The SMILES string of the molecule is [C-]#N.[C-]#N.[C-]#N.[C-]#N.[C-]#N.[C-]#N.[C-]#N.[C-]#N.[C-]#N.[C-]#N.[C-]#N.[C-]#N.[Co+3].[Co+3].[Mg+2].[Mg+2].[Mg+2]. The summed E-state index contributed by atoms with van der Waals surface area (Å²) in [5.74, 6) is 0. The van der Waals surface area contributed by atoms with E-state index >= 15 is 0 Å². The van der Waals surface area contributed by atoms with Gasteiger partial charge in [-0.15, -0.1) is 0 Å². The van der Waals surface area contributed by atoms with Gasteiger partial charge < -0.3 is 142 Å². The molecular weight excluding hydrogens is 503 g/mol. The summed E-state index contributed by atoms with van der Waals surface area (Å²) in [6.07, 6.45) is 0. The fourth-order valence-electron chi connectivity index (χ4n) is 0. The van der Waals surface area contributed by atoms with Crippen molar-refractivity contribution in [3.8, 4) is 0 Å². The van der Waals surface area contributed by atoms with Crippen molar-refractivity contribution in [3.63, 3.8) is 0 Å². The standard InChI is InChI=1S/12CN.2Co.3Mg/c12*1-2;;;;;/q12*-1;2*+3;3*+2. The summed E-state index contributed by atoms with van der Waals surface area (Å²) in [6.45, 7) is 57.0. The molecular formula is C12Co2Mg3N12. The van der Waals surface area contributed by atoms with Crippen LogP contribution in [-0.4, -0.2) is 69.2 Å². The second kappa shape index (κ2) is 1870. The molecule has 132 valence electrons. The van der Waals surface area contributed by atoms with Crippen LogP contribution in [-0.2, 0) is 33.6 Å². The van der Waals surface area contributed by atoms with Crippen LogP contribution in [0.25, 0.3) is 0 Å². The minimum absolute atomic E-state index is 0. The van der Waals surface area contributed by atoms with Crippen molar-refractivity contribution in [2.45, 2.75) is 0 Å². The summed E-state index contributed by atoms with van der Waals surface area (Å²) in [6, 6.07) is 0. The monoisotopic (exact) mass is 502 g/mol. The first-order valence-electron chi connectivity index (χ1n) is 2.68. The molecule has 0 spiro atoms. The zero-order chi connectivity index (χ0) is 24.0. The van der Waals surface area contributed by atoms with E-state index in [1.165, 1.54) is 0 Å². The summed E-state index contributed by atoms with van der Waals surface area (Å²) < 4.78 is 0. The van der Waals surface area contributed by atoms with Gasteiger partial charge in [-0.2, -0.15) is 0 Å². The van der Waals surface area contributed by atoms with Crippen LogP contribution in [0.2, 0.25) is 0 Å². The third kappa shape index (κ3) is 1720. The molecule has 0 N–H and O–H groups in total. The van der Waals surface area contributed by atoms with Crippen molar-refractivity contribution in [2.24, 2.45) is 0 Å². The van der Waals surface area contributed by atoms with Gasteiger partial charge in [0.1, 0.15) is 0 Å².